The molecule has 0 amide bonds. The van der Waals surface area contributed by atoms with E-state index in [0.29, 0.717) is 11.1 Å². The number of thioether (sulfide) groups is 1. The molecule has 0 nitrogen and oxygen atoms in total. The fraction of sp³-hybridized carbons (Fsp3) is 0.0769. The smallest absolute Gasteiger partial charge is 0.127 e. The Morgan fingerprint density at radius 3 is 1.17 bits per heavy atom. The van der Waals surface area contributed by atoms with Gasteiger partial charge in [-0.15, -0.1) is 11.8 Å². The van der Waals surface area contributed by atoms with E-state index in [1.807, 2.05) is 84.9 Å². The summed E-state index contributed by atoms with van der Waals surface area (Å²) in [4.78, 5) is 0. The maximum absolute atomic E-state index is 14.8. The van der Waals surface area contributed by atoms with Gasteiger partial charge < -0.3 is 0 Å². The molecule has 4 aromatic carbocycles. The molecule has 0 heterocycles. The van der Waals surface area contributed by atoms with Gasteiger partial charge in [0.05, 0.1) is 10.5 Å². The minimum absolute atomic E-state index is 0.255. The molecule has 0 spiro atoms. The van der Waals surface area contributed by atoms with Crippen molar-refractivity contribution >= 4 is 11.8 Å². The molecule has 29 heavy (non-hydrogen) atoms. The third-order valence-corrected chi connectivity index (χ3v) is 6.45. The Morgan fingerprint density at radius 1 is 0.448 bits per heavy atom. The highest BCUT2D eigenvalue weighted by Crippen LogP contribution is 2.48. The molecule has 0 aliphatic carbocycles. The van der Waals surface area contributed by atoms with Crippen molar-refractivity contribution < 1.29 is 8.78 Å². The first kappa shape index (κ1) is 19.4. The Labute approximate surface area is 174 Å². The van der Waals surface area contributed by atoms with E-state index in [0.717, 1.165) is 11.1 Å². The molecule has 0 saturated heterocycles. The second-order valence-corrected chi connectivity index (χ2v) is 7.98. The van der Waals surface area contributed by atoms with E-state index in [1.165, 1.54) is 12.1 Å². The van der Waals surface area contributed by atoms with Crippen molar-refractivity contribution in [3.05, 3.63) is 143 Å². The Bertz CT molecular complexity index is 977. The Morgan fingerprint density at radius 2 is 0.793 bits per heavy atom. The highest BCUT2D eigenvalue weighted by atomic mass is 32.2. The van der Waals surface area contributed by atoms with E-state index in [-0.39, 0.29) is 22.1 Å². The molecule has 4 rings (SSSR count). The summed E-state index contributed by atoms with van der Waals surface area (Å²) in [6, 6.07) is 33.3. The lowest BCUT2D eigenvalue weighted by atomic mass is 10.0. The predicted octanol–water partition coefficient (Wildman–Crippen LogP) is 7.58. The highest BCUT2D eigenvalue weighted by Gasteiger charge is 2.26. The molecule has 0 aliphatic heterocycles. The maximum Gasteiger partial charge on any atom is 0.127 e. The second kappa shape index (κ2) is 9.06. The SMILES string of the molecule is Fc1ccccc1C(SC(c1ccccc1)c1ccccc1F)c1ccccc1. The molecule has 3 heteroatoms. The average molecular weight is 403 g/mol. The molecule has 0 bridgehead atoms. The number of hydrogen-bond acceptors (Lipinski definition) is 1. The van der Waals surface area contributed by atoms with Crippen LogP contribution in [-0.4, -0.2) is 0 Å². The molecule has 4 aromatic rings. The molecule has 0 saturated carbocycles. The normalized spacial score (nSPS) is 13.0. The maximum atomic E-state index is 14.8. The van der Waals surface area contributed by atoms with E-state index in [4.69, 9.17) is 0 Å². The summed E-state index contributed by atoms with van der Waals surface area (Å²) in [7, 11) is 0. The number of hydrogen-bond donors (Lipinski definition) is 0. The summed E-state index contributed by atoms with van der Waals surface area (Å²) in [5.41, 5.74) is 3.17. The number of rotatable bonds is 6. The van der Waals surface area contributed by atoms with Crippen LogP contribution in [0.2, 0.25) is 0 Å². The lowest BCUT2D eigenvalue weighted by Gasteiger charge is -2.26. The third kappa shape index (κ3) is 4.41. The van der Waals surface area contributed by atoms with Gasteiger partial charge in [-0.25, -0.2) is 8.78 Å². The van der Waals surface area contributed by atoms with Gasteiger partial charge >= 0.3 is 0 Å². The number of halogens is 2. The van der Waals surface area contributed by atoms with Crippen LogP contribution in [0.1, 0.15) is 32.8 Å². The van der Waals surface area contributed by atoms with Crippen molar-refractivity contribution in [2.24, 2.45) is 0 Å². The fourth-order valence-corrected chi connectivity index (χ4v) is 5.01. The van der Waals surface area contributed by atoms with Crippen LogP contribution in [0.15, 0.2) is 109 Å². The van der Waals surface area contributed by atoms with Gasteiger partial charge in [0.25, 0.3) is 0 Å². The molecule has 2 unspecified atom stereocenters. The first-order valence-electron chi connectivity index (χ1n) is 9.48. The predicted molar refractivity (Wildman–Crippen MR) is 117 cm³/mol. The fourth-order valence-electron chi connectivity index (χ4n) is 3.43. The Balaban J connectivity index is 1.83. The zero-order valence-corrected chi connectivity index (χ0v) is 16.5. The summed E-state index contributed by atoms with van der Waals surface area (Å²) in [5, 5.41) is -0.551. The second-order valence-electron chi connectivity index (χ2n) is 6.76. The van der Waals surface area contributed by atoms with Crippen LogP contribution < -0.4 is 0 Å². The first-order chi connectivity index (χ1) is 14.2. The monoisotopic (exact) mass is 402 g/mol. The molecule has 0 aromatic heterocycles. The van der Waals surface area contributed by atoms with Crippen molar-refractivity contribution in [2.45, 2.75) is 10.5 Å². The summed E-state index contributed by atoms with van der Waals surface area (Å²) >= 11 is 1.55. The lowest BCUT2D eigenvalue weighted by Crippen LogP contribution is -2.06. The van der Waals surface area contributed by atoms with Gasteiger partial charge in [0, 0.05) is 11.1 Å². The summed E-state index contributed by atoms with van der Waals surface area (Å²) in [6.45, 7) is 0. The van der Waals surface area contributed by atoms with Crippen LogP contribution in [0.3, 0.4) is 0 Å². The minimum atomic E-state index is -0.276. The summed E-state index contributed by atoms with van der Waals surface area (Å²) < 4.78 is 29.5. The summed E-state index contributed by atoms with van der Waals surface area (Å²) in [6.07, 6.45) is 0. The van der Waals surface area contributed by atoms with E-state index in [1.54, 1.807) is 23.9 Å². The molecule has 0 radical (unpaired) electrons. The largest absolute Gasteiger partial charge is 0.207 e. The molecular formula is C26H20F2S. The zero-order chi connectivity index (χ0) is 20.1. The molecule has 2 atom stereocenters. The van der Waals surface area contributed by atoms with E-state index < -0.39 is 0 Å². The molecule has 0 N–H and O–H groups in total. The average Bonchev–Trinajstić information content (AvgIpc) is 2.77. The van der Waals surface area contributed by atoms with Crippen molar-refractivity contribution in [3.8, 4) is 0 Å². The molecule has 144 valence electrons. The Hall–Kier alpha value is -2.91. The van der Waals surface area contributed by atoms with Gasteiger partial charge in [0.15, 0.2) is 0 Å². The molecular weight excluding hydrogens is 382 g/mol. The van der Waals surface area contributed by atoms with E-state index >= 15 is 0 Å². The van der Waals surface area contributed by atoms with E-state index in [2.05, 4.69) is 0 Å². The summed E-state index contributed by atoms with van der Waals surface area (Å²) in [5.74, 6) is -0.511. The first-order valence-corrected chi connectivity index (χ1v) is 10.4. The van der Waals surface area contributed by atoms with Gasteiger partial charge in [0.2, 0.25) is 0 Å². The highest BCUT2D eigenvalue weighted by molar-refractivity contribution is 8.00. The van der Waals surface area contributed by atoms with Crippen LogP contribution in [0.25, 0.3) is 0 Å². The van der Waals surface area contributed by atoms with Crippen LogP contribution in [0.4, 0.5) is 8.78 Å². The quantitative estimate of drug-likeness (QED) is 0.320. The molecule has 0 fully saturated rings. The molecule has 0 aliphatic rings. The van der Waals surface area contributed by atoms with Crippen molar-refractivity contribution in [2.75, 3.05) is 0 Å². The lowest BCUT2D eigenvalue weighted by molar-refractivity contribution is 0.610. The topological polar surface area (TPSA) is 0 Å². The third-order valence-electron chi connectivity index (χ3n) is 4.85. The minimum Gasteiger partial charge on any atom is -0.207 e. The van der Waals surface area contributed by atoms with Gasteiger partial charge in [-0.3, -0.25) is 0 Å². The van der Waals surface area contributed by atoms with Gasteiger partial charge in [-0.2, -0.15) is 0 Å². The van der Waals surface area contributed by atoms with Crippen LogP contribution in [0.5, 0.6) is 0 Å². The van der Waals surface area contributed by atoms with Gasteiger partial charge in [-0.05, 0) is 23.3 Å². The van der Waals surface area contributed by atoms with Gasteiger partial charge in [0.1, 0.15) is 11.6 Å². The van der Waals surface area contributed by atoms with Gasteiger partial charge in [-0.1, -0.05) is 97.1 Å². The zero-order valence-electron chi connectivity index (χ0n) is 15.7. The van der Waals surface area contributed by atoms with Crippen molar-refractivity contribution in [1.29, 1.82) is 0 Å². The Kier molecular flexibility index (Phi) is 6.06. The van der Waals surface area contributed by atoms with E-state index in [9.17, 15) is 8.78 Å². The van der Waals surface area contributed by atoms with Crippen molar-refractivity contribution in [1.82, 2.24) is 0 Å². The number of benzene rings is 4. The van der Waals surface area contributed by atoms with Crippen LogP contribution in [-0.2, 0) is 0 Å². The van der Waals surface area contributed by atoms with Crippen LogP contribution >= 0.6 is 11.8 Å². The standard InChI is InChI=1S/C26H20F2S/c27-23-17-9-7-15-21(23)25(19-11-3-1-4-12-19)29-26(20-13-5-2-6-14-20)22-16-8-10-18-24(22)28/h1-18,25-26H. The van der Waals surface area contributed by atoms with Crippen LogP contribution in [0, 0.1) is 11.6 Å². The van der Waals surface area contributed by atoms with Crippen molar-refractivity contribution in [3.63, 3.8) is 0 Å².